The quantitative estimate of drug-likeness (QED) is 0.672. The Balaban J connectivity index is 2.52. The Hall–Kier alpha value is -3.10. The normalized spacial score (nSPS) is 11.9. The van der Waals surface area contributed by atoms with Crippen molar-refractivity contribution in [1.29, 1.82) is 0 Å². The molecule has 1 aromatic heterocycles. The molecule has 0 bridgehead atoms. The molecule has 0 amide bonds. The molecule has 0 unspecified atom stereocenters. The zero-order valence-electron chi connectivity index (χ0n) is 13.2. The molecule has 1 aromatic carbocycles. The summed E-state index contributed by atoms with van der Waals surface area (Å²) >= 11 is 0. The van der Waals surface area contributed by atoms with Crippen LogP contribution < -0.4 is 11.2 Å². The zero-order chi connectivity index (χ0) is 18.9. The van der Waals surface area contributed by atoms with Crippen LogP contribution in [-0.4, -0.2) is 20.0 Å². The van der Waals surface area contributed by atoms with Gasteiger partial charge in [-0.3, -0.25) is 18.7 Å². The van der Waals surface area contributed by atoms with Gasteiger partial charge < -0.3 is 5.11 Å². The van der Waals surface area contributed by atoms with Crippen LogP contribution in [0.3, 0.4) is 0 Å². The maximum atomic E-state index is 12.9. The molecule has 0 spiro atoms. The molecule has 0 fully saturated rings. The van der Waals surface area contributed by atoms with Crippen molar-refractivity contribution < 1.29 is 23.1 Å². The standard InChI is InChI=1S/C16H13F3N2O4/c1-20-13(23)12(14(24)21(2)15(20)25)11(22)8-7-9-5-3-4-6-10(9)16(17,18)19/h3-8,23H,1-2H3/b8-7+. The number of rotatable bonds is 3. The summed E-state index contributed by atoms with van der Waals surface area (Å²) in [4.78, 5) is 35.8. The van der Waals surface area contributed by atoms with Crippen LogP contribution in [0.25, 0.3) is 6.08 Å². The second-order valence-electron chi connectivity index (χ2n) is 5.19. The van der Waals surface area contributed by atoms with Gasteiger partial charge in [-0.2, -0.15) is 13.2 Å². The minimum absolute atomic E-state index is 0.274. The maximum absolute atomic E-state index is 12.9. The zero-order valence-corrected chi connectivity index (χ0v) is 13.2. The number of aromatic nitrogens is 2. The average molecular weight is 354 g/mol. The van der Waals surface area contributed by atoms with Gasteiger partial charge in [0.1, 0.15) is 5.56 Å². The van der Waals surface area contributed by atoms with Crippen LogP contribution in [-0.2, 0) is 20.3 Å². The lowest BCUT2D eigenvalue weighted by Gasteiger charge is -2.10. The minimum atomic E-state index is -4.61. The molecule has 0 aliphatic carbocycles. The van der Waals surface area contributed by atoms with Gasteiger partial charge in [0.2, 0.25) is 5.88 Å². The van der Waals surface area contributed by atoms with E-state index in [-0.39, 0.29) is 5.56 Å². The van der Waals surface area contributed by atoms with E-state index in [4.69, 9.17) is 0 Å². The molecule has 132 valence electrons. The SMILES string of the molecule is Cn1c(O)c(C(=O)/C=C/c2ccccc2C(F)(F)F)c(=O)n(C)c1=O. The van der Waals surface area contributed by atoms with Gasteiger partial charge in [-0.05, 0) is 17.7 Å². The first-order chi connectivity index (χ1) is 11.6. The highest BCUT2D eigenvalue weighted by Crippen LogP contribution is 2.32. The van der Waals surface area contributed by atoms with E-state index in [1.165, 1.54) is 12.1 Å². The number of aromatic hydroxyl groups is 1. The molecule has 0 saturated heterocycles. The van der Waals surface area contributed by atoms with E-state index in [9.17, 15) is 32.7 Å². The predicted molar refractivity (Wildman–Crippen MR) is 83.4 cm³/mol. The Morgan fingerprint density at radius 1 is 1.12 bits per heavy atom. The summed E-state index contributed by atoms with van der Waals surface area (Å²) in [6.07, 6.45) is -2.97. The Bertz CT molecular complexity index is 984. The van der Waals surface area contributed by atoms with Gasteiger partial charge in [0.25, 0.3) is 5.56 Å². The third kappa shape index (κ3) is 3.39. The molecule has 1 N–H and O–H groups in total. The number of benzene rings is 1. The molecule has 9 heteroatoms. The van der Waals surface area contributed by atoms with E-state index in [0.29, 0.717) is 9.13 Å². The first kappa shape index (κ1) is 18.2. The summed E-state index contributed by atoms with van der Waals surface area (Å²) in [7, 11) is 2.26. The topological polar surface area (TPSA) is 81.3 Å². The Kier molecular flexibility index (Phi) is 4.69. The third-order valence-corrected chi connectivity index (χ3v) is 3.56. The van der Waals surface area contributed by atoms with Crippen molar-refractivity contribution in [2.24, 2.45) is 14.1 Å². The number of hydrogen-bond acceptors (Lipinski definition) is 4. The predicted octanol–water partition coefficient (Wildman–Crippen LogP) is 1.70. The highest BCUT2D eigenvalue weighted by Gasteiger charge is 2.32. The van der Waals surface area contributed by atoms with Crippen LogP contribution in [0.4, 0.5) is 13.2 Å². The monoisotopic (exact) mass is 354 g/mol. The largest absolute Gasteiger partial charge is 0.494 e. The third-order valence-electron chi connectivity index (χ3n) is 3.56. The fourth-order valence-electron chi connectivity index (χ4n) is 2.20. The second-order valence-corrected chi connectivity index (χ2v) is 5.19. The van der Waals surface area contributed by atoms with E-state index in [2.05, 4.69) is 0 Å². The molecule has 0 aliphatic heterocycles. The summed E-state index contributed by atoms with van der Waals surface area (Å²) in [5.74, 6) is -1.88. The van der Waals surface area contributed by atoms with E-state index < -0.39 is 40.2 Å². The second kappa shape index (κ2) is 6.42. The average Bonchev–Trinajstić information content (AvgIpc) is 2.56. The van der Waals surface area contributed by atoms with E-state index >= 15 is 0 Å². The van der Waals surface area contributed by atoms with Gasteiger partial charge in [-0.15, -0.1) is 0 Å². The molecule has 0 aliphatic rings. The first-order valence-electron chi connectivity index (χ1n) is 6.93. The van der Waals surface area contributed by atoms with Gasteiger partial charge in [-0.1, -0.05) is 24.3 Å². The highest BCUT2D eigenvalue weighted by molar-refractivity contribution is 6.08. The van der Waals surface area contributed by atoms with Crippen molar-refractivity contribution in [2.45, 2.75) is 6.18 Å². The van der Waals surface area contributed by atoms with Crippen molar-refractivity contribution >= 4 is 11.9 Å². The van der Waals surface area contributed by atoms with E-state index in [1.54, 1.807) is 0 Å². The van der Waals surface area contributed by atoms with Crippen LogP contribution in [0.5, 0.6) is 5.88 Å². The molecular formula is C16H13F3N2O4. The van der Waals surface area contributed by atoms with Gasteiger partial charge in [0.05, 0.1) is 5.56 Å². The molecular weight excluding hydrogens is 341 g/mol. The van der Waals surface area contributed by atoms with E-state index in [0.717, 1.165) is 38.4 Å². The Labute approximate surface area is 139 Å². The van der Waals surface area contributed by atoms with Gasteiger partial charge in [0, 0.05) is 14.1 Å². The number of hydrogen-bond donors (Lipinski definition) is 1. The highest BCUT2D eigenvalue weighted by atomic mass is 19.4. The summed E-state index contributed by atoms with van der Waals surface area (Å²) < 4.78 is 40.1. The van der Waals surface area contributed by atoms with Crippen LogP contribution in [0, 0.1) is 0 Å². The van der Waals surface area contributed by atoms with Crippen LogP contribution in [0.2, 0.25) is 0 Å². The van der Waals surface area contributed by atoms with Gasteiger partial charge >= 0.3 is 11.9 Å². The van der Waals surface area contributed by atoms with Crippen molar-refractivity contribution in [1.82, 2.24) is 9.13 Å². The molecule has 25 heavy (non-hydrogen) atoms. The maximum Gasteiger partial charge on any atom is 0.416 e. The fraction of sp³-hybridized carbons (Fsp3) is 0.188. The lowest BCUT2D eigenvalue weighted by molar-refractivity contribution is -0.137. The molecule has 0 saturated carbocycles. The van der Waals surface area contributed by atoms with Crippen LogP contribution in [0.15, 0.2) is 39.9 Å². The van der Waals surface area contributed by atoms with E-state index in [1.807, 2.05) is 0 Å². The number of ketones is 1. The number of carbonyl (C=O) groups is 1. The van der Waals surface area contributed by atoms with Crippen molar-refractivity contribution in [2.75, 3.05) is 0 Å². The van der Waals surface area contributed by atoms with Crippen molar-refractivity contribution in [3.63, 3.8) is 0 Å². The lowest BCUT2D eigenvalue weighted by atomic mass is 10.1. The number of alkyl halides is 3. The summed E-state index contributed by atoms with van der Waals surface area (Å²) in [5.41, 5.74) is -3.81. The van der Waals surface area contributed by atoms with Crippen molar-refractivity contribution in [3.8, 4) is 5.88 Å². The molecule has 0 atom stereocenters. The number of carbonyl (C=O) groups excluding carboxylic acids is 1. The van der Waals surface area contributed by atoms with Crippen molar-refractivity contribution in [3.05, 3.63) is 67.9 Å². The van der Waals surface area contributed by atoms with Gasteiger partial charge in [-0.25, -0.2) is 4.79 Å². The van der Waals surface area contributed by atoms with Crippen LogP contribution >= 0.6 is 0 Å². The number of allylic oxidation sites excluding steroid dienone is 1. The first-order valence-corrected chi connectivity index (χ1v) is 6.93. The lowest BCUT2D eigenvalue weighted by Crippen LogP contribution is -2.39. The minimum Gasteiger partial charge on any atom is -0.494 e. The molecule has 2 rings (SSSR count). The molecule has 2 aromatic rings. The smallest absolute Gasteiger partial charge is 0.416 e. The molecule has 0 radical (unpaired) electrons. The fourth-order valence-corrected chi connectivity index (χ4v) is 2.20. The Morgan fingerprint density at radius 3 is 2.32 bits per heavy atom. The number of halogens is 3. The molecule has 6 nitrogen and oxygen atoms in total. The van der Waals surface area contributed by atoms with Crippen LogP contribution in [0.1, 0.15) is 21.5 Å². The number of nitrogens with zero attached hydrogens (tertiary/aromatic N) is 2. The molecule has 1 heterocycles. The van der Waals surface area contributed by atoms with Gasteiger partial charge in [0.15, 0.2) is 5.78 Å². The summed E-state index contributed by atoms with van der Waals surface area (Å²) in [5, 5.41) is 9.85. The summed E-state index contributed by atoms with van der Waals surface area (Å²) in [6, 6.07) is 4.58. The summed E-state index contributed by atoms with van der Waals surface area (Å²) in [6.45, 7) is 0. The Morgan fingerprint density at radius 2 is 1.72 bits per heavy atom.